The predicted octanol–water partition coefficient (Wildman–Crippen LogP) is 6.12. The molecular weight excluding hydrogens is 282 g/mol. The molecule has 124 valence electrons. The van der Waals surface area contributed by atoms with Gasteiger partial charge in [-0.2, -0.15) is 0 Å². The maximum Gasteiger partial charge on any atom is 0.213 e. The van der Waals surface area contributed by atoms with Gasteiger partial charge in [0.15, 0.2) is 0 Å². The second kappa shape index (κ2) is 10.0. The molecule has 0 radical (unpaired) electrons. The number of pyridine rings is 1. The summed E-state index contributed by atoms with van der Waals surface area (Å²) in [6.45, 7) is 5.08. The second-order valence-electron chi connectivity index (χ2n) is 6.13. The molecule has 0 aliphatic heterocycles. The van der Waals surface area contributed by atoms with Crippen LogP contribution in [0.15, 0.2) is 48.5 Å². The van der Waals surface area contributed by atoms with Gasteiger partial charge < -0.3 is 4.74 Å². The Hall–Kier alpha value is -1.83. The monoisotopic (exact) mass is 311 g/mol. The average molecular weight is 311 g/mol. The predicted molar refractivity (Wildman–Crippen MR) is 96.8 cm³/mol. The molecule has 2 heteroatoms. The van der Waals surface area contributed by atoms with Crippen LogP contribution in [-0.4, -0.2) is 4.98 Å². The highest BCUT2D eigenvalue weighted by Gasteiger charge is 2.11. The molecular formula is C21H29NO. The summed E-state index contributed by atoms with van der Waals surface area (Å²) in [5, 5.41) is 0. The molecule has 1 aromatic carbocycles. The second-order valence-corrected chi connectivity index (χ2v) is 6.13. The van der Waals surface area contributed by atoms with E-state index in [1.54, 1.807) is 0 Å². The van der Waals surface area contributed by atoms with Crippen molar-refractivity contribution in [2.75, 3.05) is 0 Å². The van der Waals surface area contributed by atoms with Gasteiger partial charge in [-0.3, -0.25) is 0 Å². The number of hydrogen-bond acceptors (Lipinski definition) is 2. The SMILES string of the molecule is CCCCCCC(CC)c1cccc(OCc2ccccc2)n1. The molecule has 0 bridgehead atoms. The Kier molecular flexibility index (Phi) is 7.65. The van der Waals surface area contributed by atoms with E-state index in [2.05, 4.69) is 38.1 Å². The fraction of sp³-hybridized carbons (Fsp3) is 0.476. The molecule has 0 amide bonds. The van der Waals surface area contributed by atoms with E-state index in [9.17, 15) is 0 Å². The van der Waals surface area contributed by atoms with Gasteiger partial charge in [0.05, 0.1) is 0 Å². The van der Waals surface area contributed by atoms with Crippen LogP contribution >= 0.6 is 0 Å². The first-order valence-corrected chi connectivity index (χ1v) is 8.97. The van der Waals surface area contributed by atoms with Crippen molar-refractivity contribution in [2.45, 2.75) is 64.9 Å². The van der Waals surface area contributed by atoms with Crippen LogP contribution in [0.2, 0.25) is 0 Å². The van der Waals surface area contributed by atoms with Gasteiger partial charge in [-0.15, -0.1) is 0 Å². The number of aromatic nitrogens is 1. The molecule has 1 heterocycles. The van der Waals surface area contributed by atoms with Crippen molar-refractivity contribution in [1.29, 1.82) is 0 Å². The molecule has 0 saturated heterocycles. The van der Waals surface area contributed by atoms with Gasteiger partial charge in [0.25, 0.3) is 0 Å². The molecule has 0 aliphatic rings. The molecule has 0 saturated carbocycles. The van der Waals surface area contributed by atoms with E-state index < -0.39 is 0 Å². The molecule has 1 atom stereocenters. The first-order valence-electron chi connectivity index (χ1n) is 8.97. The summed E-state index contributed by atoms with van der Waals surface area (Å²) in [5.74, 6) is 1.28. The third-order valence-electron chi connectivity index (χ3n) is 4.29. The molecule has 0 spiro atoms. The highest BCUT2D eigenvalue weighted by atomic mass is 16.5. The summed E-state index contributed by atoms with van der Waals surface area (Å²) in [6, 6.07) is 16.4. The summed E-state index contributed by atoms with van der Waals surface area (Å²) in [4.78, 5) is 4.74. The van der Waals surface area contributed by atoms with E-state index in [1.165, 1.54) is 43.4 Å². The molecule has 2 aromatic rings. The average Bonchev–Trinajstić information content (AvgIpc) is 2.61. The Morgan fingerprint density at radius 1 is 0.913 bits per heavy atom. The number of ether oxygens (including phenoxy) is 1. The first kappa shape index (κ1) is 17.5. The lowest BCUT2D eigenvalue weighted by Crippen LogP contribution is -2.03. The van der Waals surface area contributed by atoms with Crippen molar-refractivity contribution < 1.29 is 4.74 Å². The van der Waals surface area contributed by atoms with Gasteiger partial charge in [-0.05, 0) is 24.5 Å². The van der Waals surface area contributed by atoms with Crippen molar-refractivity contribution in [3.05, 3.63) is 59.8 Å². The minimum absolute atomic E-state index is 0.548. The largest absolute Gasteiger partial charge is 0.473 e. The molecule has 1 aromatic heterocycles. The van der Waals surface area contributed by atoms with Crippen molar-refractivity contribution in [3.8, 4) is 5.88 Å². The molecule has 1 unspecified atom stereocenters. The maximum atomic E-state index is 5.86. The quantitative estimate of drug-likeness (QED) is 0.493. The zero-order valence-electron chi connectivity index (χ0n) is 14.5. The standard InChI is InChI=1S/C21H29NO/c1-3-5-6-10-14-19(4-2)20-15-11-16-21(22-20)23-17-18-12-8-7-9-13-18/h7-9,11-13,15-16,19H,3-6,10,14,17H2,1-2H3. The number of unbranched alkanes of at least 4 members (excludes halogenated alkanes) is 3. The highest BCUT2D eigenvalue weighted by molar-refractivity contribution is 5.20. The van der Waals surface area contributed by atoms with Crippen molar-refractivity contribution >= 4 is 0 Å². The lowest BCUT2D eigenvalue weighted by molar-refractivity contribution is 0.292. The van der Waals surface area contributed by atoms with E-state index in [1.807, 2.05) is 24.3 Å². The highest BCUT2D eigenvalue weighted by Crippen LogP contribution is 2.26. The van der Waals surface area contributed by atoms with Crippen molar-refractivity contribution in [1.82, 2.24) is 4.98 Å². The fourth-order valence-corrected chi connectivity index (χ4v) is 2.85. The Morgan fingerprint density at radius 2 is 1.74 bits per heavy atom. The topological polar surface area (TPSA) is 22.1 Å². The minimum atomic E-state index is 0.548. The molecule has 2 rings (SSSR count). The Morgan fingerprint density at radius 3 is 2.48 bits per heavy atom. The molecule has 0 fully saturated rings. The van der Waals surface area contributed by atoms with Crippen LogP contribution < -0.4 is 4.74 Å². The lowest BCUT2D eigenvalue weighted by Gasteiger charge is -2.15. The summed E-state index contributed by atoms with van der Waals surface area (Å²) >= 11 is 0. The Labute approximate surface area is 140 Å². The molecule has 2 nitrogen and oxygen atoms in total. The summed E-state index contributed by atoms with van der Waals surface area (Å²) < 4.78 is 5.86. The number of hydrogen-bond donors (Lipinski definition) is 0. The van der Waals surface area contributed by atoms with Crippen LogP contribution in [0, 0.1) is 0 Å². The normalized spacial score (nSPS) is 12.1. The van der Waals surface area contributed by atoms with Crippen molar-refractivity contribution in [3.63, 3.8) is 0 Å². The zero-order valence-corrected chi connectivity index (χ0v) is 14.5. The van der Waals surface area contributed by atoms with Gasteiger partial charge in [-0.25, -0.2) is 4.98 Å². The van der Waals surface area contributed by atoms with E-state index in [0.29, 0.717) is 12.5 Å². The summed E-state index contributed by atoms with van der Waals surface area (Å²) in [5.41, 5.74) is 2.35. The van der Waals surface area contributed by atoms with Crippen LogP contribution in [-0.2, 0) is 6.61 Å². The lowest BCUT2D eigenvalue weighted by atomic mass is 9.94. The van der Waals surface area contributed by atoms with Gasteiger partial charge >= 0.3 is 0 Å². The van der Waals surface area contributed by atoms with Crippen LogP contribution in [0.25, 0.3) is 0 Å². The summed E-state index contributed by atoms with van der Waals surface area (Å²) in [7, 11) is 0. The van der Waals surface area contributed by atoms with Crippen LogP contribution in [0.1, 0.15) is 69.5 Å². The van der Waals surface area contributed by atoms with E-state index in [0.717, 1.165) is 12.3 Å². The van der Waals surface area contributed by atoms with Crippen LogP contribution in [0.5, 0.6) is 5.88 Å². The zero-order chi connectivity index (χ0) is 16.3. The fourth-order valence-electron chi connectivity index (χ4n) is 2.85. The third kappa shape index (κ3) is 6.05. The summed E-state index contributed by atoms with van der Waals surface area (Å²) in [6.07, 6.45) is 7.62. The smallest absolute Gasteiger partial charge is 0.213 e. The molecule has 23 heavy (non-hydrogen) atoms. The van der Waals surface area contributed by atoms with Crippen LogP contribution in [0.3, 0.4) is 0 Å². The van der Waals surface area contributed by atoms with E-state index >= 15 is 0 Å². The number of nitrogens with zero attached hydrogens (tertiary/aromatic N) is 1. The van der Waals surface area contributed by atoms with Gasteiger partial charge in [0.1, 0.15) is 6.61 Å². The Balaban J connectivity index is 1.91. The van der Waals surface area contributed by atoms with E-state index in [-0.39, 0.29) is 0 Å². The molecule has 0 N–H and O–H groups in total. The van der Waals surface area contributed by atoms with Crippen LogP contribution in [0.4, 0.5) is 0 Å². The van der Waals surface area contributed by atoms with Gasteiger partial charge in [-0.1, -0.05) is 75.9 Å². The van der Waals surface area contributed by atoms with Crippen molar-refractivity contribution in [2.24, 2.45) is 0 Å². The first-order chi connectivity index (χ1) is 11.3. The Bertz CT molecular complexity index is 553. The third-order valence-corrected chi connectivity index (χ3v) is 4.29. The maximum absolute atomic E-state index is 5.86. The number of benzene rings is 1. The minimum Gasteiger partial charge on any atom is -0.473 e. The van der Waals surface area contributed by atoms with E-state index in [4.69, 9.17) is 9.72 Å². The number of rotatable bonds is 10. The molecule has 0 aliphatic carbocycles. The van der Waals surface area contributed by atoms with Gasteiger partial charge in [0.2, 0.25) is 5.88 Å². The van der Waals surface area contributed by atoms with Gasteiger partial charge in [0, 0.05) is 17.7 Å².